The van der Waals surface area contributed by atoms with Crippen LogP contribution < -0.4 is 10.1 Å². The molecule has 1 heterocycles. The molecule has 1 amide bonds. The molecule has 21 heavy (non-hydrogen) atoms. The first-order valence-electron chi connectivity index (χ1n) is 7.46. The van der Waals surface area contributed by atoms with E-state index in [4.69, 9.17) is 9.47 Å². The van der Waals surface area contributed by atoms with Crippen molar-refractivity contribution < 1.29 is 14.3 Å². The van der Waals surface area contributed by atoms with E-state index in [1.54, 1.807) is 7.11 Å². The summed E-state index contributed by atoms with van der Waals surface area (Å²) in [6.07, 6.45) is 0.699. The van der Waals surface area contributed by atoms with Crippen molar-refractivity contribution in [3.8, 4) is 5.75 Å². The molecule has 0 aromatic heterocycles. The number of hydrogen-bond donors (Lipinski definition) is 1. The molecule has 0 bridgehead atoms. The van der Waals surface area contributed by atoms with Crippen LogP contribution in [0.1, 0.15) is 32.0 Å². The van der Waals surface area contributed by atoms with Gasteiger partial charge in [-0.1, -0.05) is 18.2 Å². The molecule has 0 saturated carbocycles. The molecule has 116 valence electrons. The maximum absolute atomic E-state index is 12.3. The molecular weight excluding hydrogens is 268 g/mol. The Kier molecular flexibility index (Phi) is 5.59. The van der Waals surface area contributed by atoms with E-state index in [2.05, 4.69) is 5.32 Å². The van der Waals surface area contributed by atoms with E-state index in [0.717, 1.165) is 17.7 Å². The van der Waals surface area contributed by atoms with Gasteiger partial charge in [0.15, 0.2) is 0 Å². The van der Waals surface area contributed by atoms with E-state index < -0.39 is 0 Å². The Morgan fingerprint density at radius 1 is 1.33 bits per heavy atom. The maximum Gasteiger partial charge on any atom is 0.241 e. The summed E-state index contributed by atoms with van der Waals surface area (Å²) in [5.41, 5.74) is 0.995. The van der Waals surface area contributed by atoms with Crippen LogP contribution in [0, 0.1) is 0 Å². The second-order valence-electron chi connectivity index (χ2n) is 5.11. The van der Waals surface area contributed by atoms with Crippen molar-refractivity contribution in [2.45, 2.75) is 32.5 Å². The topological polar surface area (TPSA) is 50.8 Å². The molecule has 2 rings (SSSR count). The first-order valence-corrected chi connectivity index (χ1v) is 7.46. The zero-order valence-corrected chi connectivity index (χ0v) is 13.0. The number of amides is 1. The normalized spacial score (nSPS) is 21.9. The third-order valence-corrected chi connectivity index (χ3v) is 3.70. The van der Waals surface area contributed by atoms with Gasteiger partial charge in [0.2, 0.25) is 5.91 Å². The Morgan fingerprint density at radius 3 is 2.81 bits per heavy atom. The zero-order valence-electron chi connectivity index (χ0n) is 13.0. The molecule has 5 nitrogen and oxygen atoms in total. The van der Waals surface area contributed by atoms with Crippen LogP contribution in [0.3, 0.4) is 0 Å². The van der Waals surface area contributed by atoms with Crippen molar-refractivity contribution in [1.82, 2.24) is 10.2 Å². The number of para-hydroxylation sites is 1. The van der Waals surface area contributed by atoms with Gasteiger partial charge >= 0.3 is 0 Å². The Bertz CT molecular complexity index is 478. The van der Waals surface area contributed by atoms with Crippen LogP contribution in [-0.4, -0.2) is 43.7 Å². The van der Waals surface area contributed by atoms with Crippen LogP contribution in [0.2, 0.25) is 0 Å². The number of nitrogens with zero attached hydrogens (tertiary/aromatic N) is 1. The summed E-state index contributed by atoms with van der Waals surface area (Å²) in [5.74, 6) is 0.925. The molecule has 1 N–H and O–H groups in total. The molecule has 1 aliphatic heterocycles. The van der Waals surface area contributed by atoms with E-state index >= 15 is 0 Å². The summed E-state index contributed by atoms with van der Waals surface area (Å²) in [6, 6.07) is 7.64. The molecule has 0 aliphatic carbocycles. The number of rotatable bonds is 7. The average molecular weight is 292 g/mol. The van der Waals surface area contributed by atoms with Crippen molar-refractivity contribution in [1.29, 1.82) is 0 Å². The number of hydrogen-bond acceptors (Lipinski definition) is 4. The predicted octanol–water partition coefficient (Wildman–Crippen LogP) is 1.94. The largest absolute Gasteiger partial charge is 0.496 e. The van der Waals surface area contributed by atoms with Crippen LogP contribution in [0.15, 0.2) is 24.3 Å². The average Bonchev–Trinajstić information content (AvgIpc) is 2.79. The van der Waals surface area contributed by atoms with Gasteiger partial charge in [-0.05, 0) is 26.3 Å². The molecule has 1 aliphatic rings. The summed E-state index contributed by atoms with van der Waals surface area (Å²) in [4.78, 5) is 14.2. The number of benzene rings is 1. The van der Waals surface area contributed by atoms with Crippen molar-refractivity contribution in [2.75, 3.05) is 26.9 Å². The Morgan fingerprint density at radius 2 is 2.10 bits per heavy atom. The van der Waals surface area contributed by atoms with Gasteiger partial charge < -0.3 is 14.4 Å². The first kappa shape index (κ1) is 15.8. The monoisotopic (exact) mass is 292 g/mol. The van der Waals surface area contributed by atoms with Gasteiger partial charge in [0.25, 0.3) is 0 Å². The Balaban J connectivity index is 2.13. The minimum absolute atomic E-state index is 0.127. The van der Waals surface area contributed by atoms with Gasteiger partial charge in [0, 0.05) is 25.3 Å². The third-order valence-electron chi connectivity index (χ3n) is 3.70. The van der Waals surface area contributed by atoms with Gasteiger partial charge in [-0.25, -0.2) is 0 Å². The quantitative estimate of drug-likeness (QED) is 0.780. The number of carbonyl (C=O) groups excluding carboxylic acids is 1. The smallest absolute Gasteiger partial charge is 0.241 e. The lowest BCUT2D eigenvalue weighted by Crippen LogP contribution is -2.32. The van der Waals surface area contributed by atoms with Crippen molar-refractivity contribution in [2.24, 2.45) is 0 Å². The lowest BCUT2D eigenvalue weighted by atomic mass is 10.1. The van der Waals surface area contributed by atoms with E-state index in [1.807, 2.05) is 43.0 Å². The molecule has 0 radical (unpaired) electrons. The van der Waals surface area contributed by atoms with Crippen LogP contribution in [0.4, 0.5) is 0 Å². The zero-order chi connectivity index (χ0) is 15.2. The van der Waals surface area contributed by atoms with Crippen molar-refractivity contribution in [3.63, 3.8) is 0 Å². The van der Waals surface area contributed by atoms with E-state index in [0.29, 0.717) is 19.8 Å². The fourth-order valence-corrected chi connectivity index (χ4v) is 2.64. The Hall–Kier alpha value is -1.59. The number of ether oxygens (including phenoxy) is 2. The third kappa shape index (κ3) is 3.54. The summed E-state index contributed by atoms with van der Waals surface area (Å²) in [6.45, 7) is 5.93. The molecule has 2 atom stereocenters. The summed E-state index contributed by atoms with van der Waals surface area (Å²) < 4.78 is 10.8. The highest BCUT2D eigenvalue weighted by Gasteiger charge is 2.37. The lowest BCUT2D eigenvalue weighted by Gasteiger charge is -2.25. The van der Waals surface area contributed by atoms with E-state index in [1.165, 1.54) is 0 Å². The fraction of sp³-hybridized carbons (Fsp3) is 0.562. The Labute approximate surface area is 126 Å². The van der Waals surface area contributed by atoms with Gasteiger partial charge in [0.05, 0.1) is 13.2 Å². The molecule has 5 heteroatoms. The number of carbonyl (C=O) groups is 1. The lowest BCUT2D eigenvalue weighted by molar-refractivity contribution is -0.130. The molecule has 1 aromatic rings. The fourth-order valence-electron chi connectivity index (χ4n) is 2.64. The molecule has 1 saturated heterocycles. The highest BCUT2D eigenvalue weighted by atomic mass is 16.5. The van der Waals surface area contributed by atoms with E-state index in [9.17, 15) is 4.79 Å². The molecule has 1 aromatic carbocycles. The standard InChI is InChI=1S/C16H24N2O3/c1-4-21-11-7-10-18-15(17-12(2)16(18)19)13-8-5-6-9-14(13)20-3/h5-6,8-9,12,15,17H,4,7,10-11H2,1-3H3. The number of methoxy groups -OCH3 is 1. The molecular formula is C16H24N2O3. The second kappa shape index (κ2) is 7.43. The molecule has 2 unspecified atom stereocenters. The summed E-state index contributed by atoms with van der Waals surface area (Å²) >= 11 is 0. The highest BCUT2D eigenvalue weighted by Crippen LogP contribution is 2.31. The summed E-state index contributed by atoms with van der Waals surface area (Å²) in [7, 11) is 1.65. The van der Waals surface area contributed by atoms with Crippen molar-refractivity contribution in [3.05, 3.63) is 29.8 Å². The molecule has 1 fully saturated rings. The molecule has 0 spiro atoms. The predicted molar refractivity (Wildman–Crippen MR) is 81.2 cm³/mol. The first-order chi connectivity index (χ1) is 10.2. The van der Waals surface area contributed by atoms with Gasteiger partial charge in [-0.3, -0.25) is 10.1 Å². The van der Waals surface area contributed by atoms with Crippen LogP contribution in [-0.2, 0) is 9.53 Å². The van der Waals surface area contributed by atoms with E-state index in [-0.39, 0.29) is 18.1 Å². The van der Waals surface area contributed by atoms with Gasteiger partial charge in [-0.2, -0.15) is 0 Å². The van der Waals surface area contributed by atoms with Gasteiger partial charge in [0.1, 0.15) is 11.9 Å². The van der Waals surface area contributed by atoms with Crippen LogP contribution in [0.5, 0.6) is 5.75 Å². The second-order valence-corrected chi connectivity index (χ2v) is 5.11. The van der Waals surface area contributed by atoms with Crippen molar-refractivity contribution >= 4 is 5.91 Å². The van der Waals surface area contributed by atoms with Crippen LogP contribution in [0.25, 0.3) is 0 Å². The maximum atomic E-state index is 12.3. The SMILES string of the molecule is CCOCCCN1C(=O)C(C)NC1c1ccccc1OC. The highest BCUT2D eigenvalue weighted by molar-refractivity contribution is 5.84. The summed E-state index contributed by atoms with van der Waals surface area (Å²) in [5, 5.41) is 3.34. The minimum Gasteiger partial charge on any atom is -0.496 e. The minimum atomic E-state index is -0.174. The number of nitrogens with one attached hydrogen (secondary N) is 1. The van der Waals surface area contributed by atoms with Gasteiger partial charge in [-0.15, -0.1) is 0 Å². The van der Waals surface area contributed by atoms with Crippen LogP contribution >= 0.6 is 0 Å².